The molecule has 5 nitrogen and oxygen atoms in total. The lowest BCUT2D eigenvalue weighted by Crippen LogP contribution is -2.06. The minimum absolute atomic E-state index is 0.0672. The number of halogens is 4. The van der Waals surface area contributed by atoms with Gasteiger partial charge in [-0.25, -0.2) is 9.37 Å². The minimum atomic E-state index is -4.53. The topological polar surface area (TPSA) is 68.1 Å². The second kappa shape index (κ2) is 5.35. The predicted molar refractivity (Wildman–Crippen MR) is 65.6 cm³/mol. The molecule has 1 aromatic heterocycles. The maximum absolute atomic E-state index is 13.5. The smallest absolute Gasteiger partial charge is 0.338 e. The molecule has 0 radical (unpaired) electrons. The first-order valence-corrected chi connectivity index (χ1v) is 5.51. The van der Waals surface area contributed by atoms with Crippen molar-refractivity contribution in [2.45, 2.75) is 6.18 Å². The van der Waals surface area contributed by atoms with E-state index in [2.05, 4.69) is 10.3 Å². The van der Waals surface area contributed by atoms with Crippen molar-refractivity contribution >= 4 is 17.2 Å². The third-order valence-corrected chi connectivity index (χ3v) is 2.51. The van der Waals surface area contributed by atoms with Crippen molar-refractivity contribution in [2.24, 2.45) is 0 Å². The van der Waals surface area contributed by atoms with E-state index in [1.807, 2.05) is 0 Å². The molecule has 1 N–H and O–H groups in total. The first-order chi connectivity index (χ1) is 9.77. The van der Waals surface area contributed by atoms with E-state index in [9.17, 15) is 27.7 Å². The lowest BCUT2D eigenvalue weighted by molar-refractivity contribution is -0.384. The van der Waals surface area contributed by atoms with E-state index in [0.717, 1.165) is 30.3 Å². The van der Waals surface area contributed by atoms with Gasteiger partial charge in [0.2, 0.25) is 0 Å². The van der Waals surface area contributed by atoms with E-state index >= 15 is 0 Å². The number of nitrogens with one attached hydrogen (secondary N) is 1. The number of rotatable bonds is 3. The Hall–Kier alpha value is -2.71. The number of non-ortho nitro benzene ring substituents is 1. The first-order valence-electron chi connectivity index (χ1n) is 5.51. The number of benzene rings is 1. The maximum Gasteiger partial charge on any atom is 0.417 e. The Labute approximate surface area is 115 Å². The van der Waals surface area contributed by atoms with Gasteiger partial charge in [-0.2, -0.15) is 13.2 Å². The Bertz CT molecular complexity index is 671. The summed E-state index contributed by atoms with van der Waals surface area (Å²) >= 11 is 0. The van der Waals surface area contributed by atoms with Gasteiger partial charge in [0, 0.05) is 18.3 Å². The molecule has 0 saturated heterocycles. The van der Waals surface area contributed by atoms with Crippen LogP contribution in [0.3, 0.4) is 0 Å². The van der Waals surface area contributed by atoms with E-state index < -0.39 is 22.5 Å². The molecule has 0 atom stereocenters. The molecule has 0 unspecified atom stereocenters. The quantitative estimate of drug-likeness (QED) is 0.530. The normalized spacial score (nSPS) is 11.2. The third-order valence-electron chi connectivity index (χ3n) is 2.51. The van der Waals surface area contributed by atoms with E-state index in [-0.39, 0.29) is 17.2 Å². The van der Waals surface area contributed by atoms with Crippen LogP contribution >= 0.6 is 0 Å². The lowest BCUT2D eigenvalue weighted by atomic mass is 10.2. The fourth-order valence-electron chi connectivity index (χ4n) is 1.50. The second-order valence-electron chi connectivity index (χ2n) is 3.98. The molecule has 1 aromatic carbocycles. The van der Waals surface area contributed by atoms with Crippen molar-refractivity contribution in [1.82, 2.24) is 4.98 Å². The van der Waals surface area contributed by atoms with Crippen LogP contribution in [0.15, 0.2) is 36.5 Å². The fourth-order valence-corrected chi connectivity index (χ4v) is 1.50. The molecule has 2 rings (SSSR count). The molecule has 0 spiro atoms. The zero-order chi connectivity index (χ0) is 15.6. The second-order valence-corrected chi connectivity index (χ2v) is 3.98. The predicted octanol–water partition coefficient (Wildman–Crippen LogP) is 3.89. The van der Waals surface area contributed by atoms with Crippen molar-refractivity contribution in [3.8, 4) is 0 Å². The molecular formula is C12H7F4N3O2. The Morgan fingerprint density at radius 2 is 1.90 bits per heavy atom. The van der Waals surface area contributed by atoms with Crippen molar-refractivity contribution < 1.29 is 22.5 Å². The molecule has 0 aliphatic heterocycles. The van der Waals surface area contributed by atoms with Crippen LogP contribution in [0.25, 0.3) is 0 Å². The number of aromatic nitrogens is 1. The lowest BCUT2D eigenvalue weighted by Gasteiger charge is -2.09. The van der Waals surface area contributed by atoms with Gasteiger partial charge in [0.05, 0.1) is 16.2 Å². The Kier molecular flexibility index (Phi) is 3.74. The molecule has 0 aliphatic rings. The molecule has 9 heteroatoms. The van der Waals surface area contributed by atoms with Crippen LogP contribution in [-0.2, 0) is 6.18 Å². The van der Waals surface area contributed by atoms with Crippen molar-refractivity contribution in [3.63, 3.8) is 0 Å². The average molecular weight is 301 g/mol. The zero-order valence-electron chi connectivity index (χ0n) is 10.2. The summed E-state index contributed by atoms with van der Waals surface area (Å²) in [6.07, 6.45) is -3.94. The number of anilines is 2. The molecular weight excluding hydrogens is 294 g/mol. The van der Waals surface area contributed by atoms with Gasteiger partial charge in [-0.1, -0.05) is 0 Å². The summed E-state index contributed by atoms with van der Waals surface area (Å²) in [5.74, 6) is -0.857. The Morgan fingerprint density at radius 3 is 2.43 bits per heavy atom. The fraction of sp³-hybridized carbons (Fsp3) is 0.0833. The number of pyridine rings is 1. The van der Waals surface area contributed by atoms with Gasteiger partial charge in [-0.3, -0.25) is 10.1 Å². The zero-order valence-corrected chi connectivity index (χ0v) is 10.2. The van der Waals surface area contributed by atoms with Crippen LogP contribution in [0, 0.1) is 15.9 Å². The van der Waals surface area contributed by atoms with Crippen LogP contribution < -0.4 is 5.32 Å². The summed E-state index contributed by atoms with van der Waals surface area (Å²) in [6.45, 7) is 0. The van der Waals surface area contributed by atoms with Gasteiger partial charge in [-0.05, 0) is 18.2 Å². The minimum Gasteiger partial charge on any atom is -0.338 e. The molecule has 2 aromatic rings. The summed E-state index contributed by atoms with van der Waals surface area (Å²) in [4.78, 5) is 13.4. The standard InChI is InChI=1S/C12H7F4N3O2/c13-9-3-2-8(19(20)21)5-10(9)18-11-4-1-7(6-17-11)12(14,15)16/h1-6H,(H,17,18). The maximum atomic E-state index is 13.5. The highest BCUT2D eigenvalue weighted by Gasteiger charge is 2.30. The first kappa shape index (κ1) is 14.7. The third kappa shape index (κ3) is 3.44. The summed E-state index contributed by atoms with van der Waals surface area (Å²) in [7, 11) is 0. The molecule has 0 amide bonds. The molecule has 0 saturated carbocycles. The van der Waals surface area contributed by atoms with Crippen LogP contribution in [0.4, 0.5) is 34.8 Å². The van der Waals surface area contributed by atoms with Crippen molar-refractivity contribution in [3.05, 3.63) is 58.0 Å². The number of nitro groups is 1. The van der Waals surface area contributed by atoms with Crippen LogP contribution in [-0.4, -0.2) is 9.91 Å². The Balaban J connectivity index is 2.26. The molecule has 110 valence electrons. The molecule has 1 heterocycles. The average Bonchev–Trinajstić information content (AvgIpc) is 2.40. The number of nitrogens with zero attached hydrogens (tertiary/aromatic N) is 2. The SMILES string of the molecule is O=[N+]([O-])c1ccc(F)c(Nc2ccc(C(F)(F)F)cn2)c1. The van der Waals surface area contributed by atoms with Crippen molar-refractivity contribution in [1.29, 1.82) is 0 Å². The summed E-state index contributed by atoms with van der Waals surface area (Å²) < 4.78 is 50.6. The monoisotopic (exact) mass is 301 g/mol. The van der Waals surface area contributed by atoms with E-state index in [4.69, 9.17) is 0 Å². The van der Waals surface area contributed by atoms with Gasteiger partial charge in [0.15, 0.2) is 0 Å². The van der Waals surface area contributed by atoms with E-state index in [1.165, 1.54) is 0 Å². The highest BCUT2D eigenvalue weighted by molar-refractivity contribution is 5.60. The van der Waals surface area contributed by atoms with Crippen LogP contribution in [0.2, 0.25) is 0 Å². The number of hydrogen-bond donors (Lipinski definition) is 1. The molecule has 0 bridgehead atoms. The highest BCUT2D eigenvalue weighted by atomic mass is 19.4. The van der Waals surface area contributed by atoms with Crippen molar-refractivity contribution in [2.75, 3.05) is 5.32 Å². The molecule has 21 heavy (non-hydrogen) atoms. The van der Waals surface area contributed by atoms with E-state index in [0.29, 0.717) is 6.20 Å². The van der Waals surface area contributed by atoms with Gasteiger partial charge >= 0.3 is 6.18 Å². The van der Waals surface area contributed by atoms with Gasteiger partial charge in [-0.15, -0.1) is 0 Å². The largest absolute Gasteiger partial charge is 0.417 e. The summed E-state index contributed by atoms with van der Waals surface area (Å²) in [5.41, 5.74) is -1.56. The summed E-state index contributed by atoms with van der Waals surface area (Å²) in [6, 6.07) is 4.55. The number of hydrogen-bond acceptors (Lipinski definition) is 4. The summed E-state index contributed by atoms with van der Waals surface area (Å²) in [5, 5.41) is 13.0. The molecule has 0 aliphatic carbocycles. The number of nitro benzene ring substituents is 1. The van der Waals surface area contributed by atoms with Gasteiger partial charge in [0.1, 0.15) is 11.6 Å². The van der Waals surface area contributed by atoms with E-state index in [1.54, 1.807) is 0 Å². The van der Waals surface area contributed by atoms with Crippen LogP contribution in [0.5, 0.6) is 0 Å². The van der Waals surface area contributed by atoms with Gasteiger partial charge < -0.3 is 5.32 Å². The number of alkyl halides is 3. The molecule has 0 fully saturated rings. The van der Waals surface area contributed by atoms with Gasteiger partial charge in [0.25, 0.3) is 5.69 Å². The highest BCUT2D eigenvalue weighted by Crippen LogP contribution is 2.30. The van der Waals surface area contributed by atoms with Crippen LogP contribution in [0.1, 0.15) is 5.56 Å². The Morgan fingerprint density at radius 1 is 1.19 bits per heavy atom.